The summed E-state index contributed by atoms with van der Waals surface area (Å²) < 4.78 is 5.04. The average Bonchev–Trinajstić information content (AvgIpc) is 2.63. The Morgan fingerprint density at radius 1 is 1.36 bits per heavy atom. The first-order valence-electron chi connectivity index (χ1n) is 8.19. The van der Waals surface area contributed by atoms with Gasteiger partial charge in [-0.15, -0.1) is 0 Å². The number of benzene rings is 2. The van der Waals surface area contributed by atoms with Crippen molar-refractivity contribution in [2.75, 3.05) is 25.1 Å². The molecule has 0 fully saturated rings. The molecule has 0 radical (unpaired) electrons. The molecule has 1 aliphatic heterocycles. The molecule has 3 rings (SSSR count). The van der Waals surface area contributed by atoms with Gasteiger partial charge in [-0.1, -0.05) is 18.2 Å². The fraction of sp³-hybridized carbons (Fsp3) is 0.263. The van der Waals surface area contributed by atoms with E-state index >= 15 is 0 Å². The summed E-state index contributed by atoms with van der Waals surface area (Å²) >= 11 is 0. The maximum absolute atomic E-state index is 12.2. The molecule has 0 bridgehead atoms. The summed E-state index contributed by atoms with van der Waals surface area (Å²) in [4.78, 5) is 14.2. The zero-order valence-corrected chi connectivity index (χ0v) is 14.1. The number of methoxy groups -OCH3 is 1. The predicted molar refractivity (Wildman–Crippen MR) is 97.4 cm³/mol. The molecule has 0 unspecified atom stereocenters. The number of hydrazone groups is 1. The maximum atomic E-state index is 12.2. The van der Waals surface area contributed by atoms with Crippen molar-refractivity contribution >= 4 is 17.8 Å². The van der Waals surface area contributed by atoms with Gasteiger partial charge in [-0.2, -0.15) is 5.10 Å². The number of aryl methyl sites for hydroxylation is 1. The SMILES string of the molecule is COc1cc(/C=N/NC(=O)CN2CCCc3ccccc32)ccc1O. The smallest absolute Gasteiger partial charge is 0.259 e. The van der Waals surface area contributed by atoms with E-state index in [0.717, 1.165) is 30.6 Å². The summed E-state index contributed by atoms with van der Waals surface area (Å²) in [5.41, 5.74) is 5.67. The number of phenolic OH excluding ortho intramolecular Hbond substituents is 1. The fourth-order valence-corrected chi connectivity index (χ4v) is 2.94. The molecule has 6 heteroatoms. The Hall–Kier alpha value is -3.02. The Morgan fingerprint density at radius 3 is 3.04 bits per heavy atom. The van der Waals surface area contributed by atoms with Crippen LogP contribution in [-0.2, 0) is 11.2 Å². The number of hydrogen-bond donors (Lipinski definition) is 2. The first-order valence-corrected chi connectivity index (χ1v) is 8.19. The lowest BCUT2D eigenvalue weighted by Crippen LogP contribution is -2.38. The van der Waals surface area contributed by atoms with Crippen LogP contribution in [0.5, 0.6) is 11.5 Å². The highest BCUT2D eigenvalue weighted by atomic mass is 16.5. The summed E-state index contributed by atoms with van der Waals surface area (Å²) in [6.45, 7) is 1.14. The highest BCUT2D eigenvalue weighted by molar-refractivity contribution is 5.85. The van der Waals surface area contributed by atoms with E-state index in [1.807, 2.05) is 18.2 Å². The Labute approximate surface area is 146 Å². The zero-order chi connectivity index (χ0) is 17.6. The molecule has 1 heterocycles. The Kier molecular flexibility index (Phi) is 5.18. The van der Waals surface area contributed by atoms with Crippen LogP contribution in [0.1, 0.15) is 17.5 Å². The van der Waals surface area contributed by atoms with E-state index < -0.39 is 0 Å². The van der Waals surface area contributed by atoms with Crippen LogP contribution in [0.4, 0.5) is 5.69 Å². The third-order valence-corrected chi connectivity index (χ3v) is 4.15. The van der Waals surface area contributed by atoms with E-state index in [-0.39, 0.29) is 18.2 Å². The van der Waals surface area contributed by atoms with Gasteiger partial charge in [-0.3, -0.25) is 4.79 Å². The second kappa shape index (κ2) is 7.70. The number of anilines is 1. The largest absolute Gasteiger partial charge is 0.504 e. The van der Waals surface area contributed by atoms with Crippen molar-refractivity contribution in [1.29, 1.82) is 0 Å². The molecular formula is C19H21N3O3. The molecule has 0 aromatic heterocycles. The van der Waals surface area contributed by atoms with E-state index in [0.29, 0.717) is 5.75 Å². The topological polar surface area (TPSA) is 74.2 Å². The van der Waals surface area contributed by atoms with Gasteiger partial charge in [-0.05, 0) is 48.2 Å². The zero-order valence-electron chi connectivity index (χ0n) is 14.1. The number of carbonyl (C=O) groups excluding carboxylic acids is 1. The standard InChI is InChI=1S/C19H21N3O3/c1-25-18-11-14(8-9-17(18)23)12-20-21-19(24)13-22-10-4-6-15-5-2-3-7-16(15)22/h2-3,5,7-9,11-12,23H,4,6,10,13H2,1H3,(H,21,24)/b20-12+. The van der Waals surface area contributed by atoms with Crippen molar-refractivity contribution in [2.24, 2.45) is 5.10 Å². The second-order valence-electron chi connectivity index (χ2n) is 5.88. The van der Waals surface area contributed by atoms with Gasteiger partial charge in [0.1, 0.15) is 0 Å². The van der Waals surface area contributed by atoms with Gasteiger partial charge >= 0.3 is 0 Å². The molecule has 0 spiro atoms. The Balaban J connectivity index is 1.59. The predicted octanol–water partition coefficient (Wildman–Crippen LogP) is 2.30. The van der Waals surface area contributed by atoms with E-state index in [9.17, 15) is 9.90 Å². The number of carbonyl (C=O) groups is 1. The third kappa shape index (κ3) is 4.09. The molecular weight excluding hydrogens is 318 g/mol. The van der Waals surface area contributed by atoms with Crippen LogP contribution in [0.2, 0.25) is 0 Å². The Morgan fingerprint density at radius 2 is 2.20 bits per heavy atom. The van der Waals surface area contributed by atoms with Crippen molar-refractivity contribution in [3.8, 4) is 11.5 Å². The van der Waals surface area contributed by atoms with Gasteiger partial charge in [0.05, 0.1) is 19.9 Å². The summed E-state index contributed by atoms with van der Waals surface area (Å²) in [5.74, 6) is 0.256. The monoisotopic (exact) mass is 339 g/mol. The molecule has 2 N–H and O–H groups in total. The van der Waals surface area contributed by atoms with Crippen molar-refractivity contribution < 1.29 is 14.6 Å². The number of fused-ring (bicyclic) bond motifs is 1. The number of nitrogens with zero attached hydrogens (tertiary/aromatic N) is 2. The first kappa shape index (κ1) is 16.8. The van der Waals surface area contributed by atoms with Gasteiger partial charge in [0.25, 0.3) is 5.91 Å². The molecule has 1 amide bonds. The number of aromatic hydroxyl groups is 1. The van der Waals surface area contributed by atoms with Crippen molar-refractivity contribution in [3.05, 3.63) is 53.6 Å². The van der Waals surface area contributed by atoms with Crippen molar-refractivity contribution in [3.63, 3.8) is 0 Å². The van der Waals surface area contributed by atoms with Crippen LogP contribution in [0.3, 0.4) is 0 Å². The van der Waals surface area contributed by atoms with Gasteiger partial charge in [0.2, 0.25) is 0 Å². The van der Waals surface area contributed by atoms with Crippen molar-refractivity contribution in [2.45, 2.75) is 12.8 Å². The number of phenols is 1. The second-order valence-corrected chi connectivity index (χ2v) is 5.88. The van der Waals surface area contributed by atoms with E-state index in [4.69, 9.17) is 4.74 Å². The molecule has 25 heavy (non-hydrogen) atoms. The van der Waals surface area contributed by atoms with E-state index in [1.165, 1.54) is 25.0 Å². The quantitative estimate of drug-likeness (QED) is 0.647. The highest BCUT2D eigenvalue weighted by Gasteiger charge is 2.18. The highest BCUT2D eigenvalue weighted by Crippen LogP contribution is 2.26. The molecule has 6 nitrogen and oxygen atoms in total. The van der Waals surface area contributed by atoms with E-state index in [2.05, 4.69) is 21.5 Å². The molecule has 0 saturated carbocycles. The molecule has 130 valence electrons. The number of amides is 1. The molecule has 2 aromatic rings. The first-order chi connectivity index (χ1) is 12.2. The van der Waals surface area contributed by atoms with Crippen LogP contribution in [0.15, 0.2) is 47.6 Å². The molecule has 0 atom stereocenters. The average molecular weight is 339 g/mol. The summed E-state index contributed by atoms with van der Waals surface area (Å²) in [6, 6.07) is 13.0. The number of ether oxygens (including phenoxy) is 1. The maximum Gasteiger partial charge on any atom is 0.259 e. The van der Waals surface area contributed by atoms with Gasteiger partial charge in [0.15, 0.2) is 11.5 Å². The fourth-order valence-electron chi connectivity index (χ4n) is 2.94. The van der Waals surface area contributed by atoms with Crippen LogP contribution in [0.25, 0.3) is 0 Å². The Bertz CT molecular complexity index is 789. The van der Waals surface area contributed by atoms with E-state index in [1.54, 1.807) is 12.1 Å². The number of hydrogen-bond acceptors (Lipinski definition) is 5. The summed E-state index contributed by atoms with van der Waals surface area (Å²) in [6.07, 6.45) is 3.61. The third-order valence-electron chi connectivity index (χ3n) is 4.15. The molecule has 1 aliphatic rings. The lowest BCUT2D eigenvalue weighted by atomic mass is 10.0. The van der Waals surface area contributed by atoms with Gasteiger partial charge in [0, 0.05) is 12.2 Å². The lowest BCUT2D eigenvalue weighted by Gasteiger charge is -2.30. The van der Waals surface area contributed by atoms with Gasteiger partial charge in [-0.25, -0.2) is 5.43 Å². The number of para-hydroxylation sites is 1. The van der Waals surface area contributed by atoms with Crippen LogP contribution < -0.4 is 15.1 Å². The number of rotatable bonds is 5. The summed E-state index contributed by atoms with van der Waals surface area (Å²) in [5, 5.41) is 13.5. The minimum atomic E-state index is -0.168. The summed E-state index contributed by atoms with van der Waals surface area (Å²) in [7, 11) is 1.48. The molecule has 2 aromatic carbocycles. The van der Waals surface area contributed by atoms with Crippen LogP contribution in [-0.4, -0.2) is 37.4 Å². The van der Waals surface area contributed by atoms with Crippen LogP contribution in [0, 0.1) is 0 Å². The molecule has 0 aliphatic carbocycles. The minimum Gasteiger partial charge on any atom is -0.504 e. The normalized spacial score (nSPS) is 13.6. The van der Waals surface area contributed by atoms with Crippen LogP contribution >= 0.6 is 0 Å². The lowest BCUT2D eigenvalue weighted by molar-refractivity contribution is -0.119. The molecule has 0 saturated heterocycles. The van der Waals surface area contributed by atoms with Gasteiger partial charge < -0.3 is 14.7 Å². The minimum absolute atomic E-state index is 0.0625. The van der Waals surface area contributed by atoms with Crippen molar-refractivity contribution in [1.82, 2.24) is 5.43 Å². The number of nitrogens with one attached hydrogen (secondary N) is 1.